The van der Waals surface area contributed by atoms with E-state index in [0.717, 1.165) is 30.5 Å². The van der Waals surface area contributed by atoms with Gasteiger partial charge in [-0.15, -0.1) is 0 Å². The summed E-state index contributed by atoms with van der Waals surface area (Å²) in [6.07, 6.45) is 5.84. The fourth-order valence-corrected chi connectivity index (χ4v) is 3.77. The molecular formula is C22H28N2O4. The molecule has 0 aromatic carbocycles. The third-order valence-electron chi connectivity index (χ3n) is 5.46. The Balaban J connectivity index is 2.09. The van der Waals surface area contributed by atoms with Crippen molar-refractivity contribution in [3.63, 3.8) is 0 Å². The van der Waals surface area contributed by atoms with Crippen molar-refractivity contribution in [2.24, 2.45) is 11.3 Å². The van der Waals surface area contributed by atoms with Crippen LogP contribution in [0.4, 0.5) is 0 Å². The Labute approximate surface area is 165 Å². The molecule has 150 valence electrons. The highest BCUT2D eigenvalue weighted by atomic mass is 16.5. The maximum atomic E-state index is 12.4. The van der Waals surface area contributed by atoms with Crippen LogP contribution in [-0.2, 0) is 27.1 Å². The monoisotopic (exact) mass is 384 g/mol. The quantitative estimate of drug-likeness (QED) is 0.635. The van der Waals surface area contributed by atoms with Crippen molar-refractivity contribution < 1.29 is 19.1 Å². The molecule has 6 heteroatoms. The number of hydrogen-bond donors (Lipinski definition) is 1. The smallest absolute Gasteiger partial charge is 0.355 e. The lowest BCUT2D eigenvalue weighted by molar-refractivity contribution is -0.134. The van der Waals surface area contributed by atoms with E-state index in [1.54, 1.807) is 13.0 Å². The summed E-state index contributed by atoms with van der Waals surface area (Å²) in [7, 11) is 1.31. The van der Waals surface area contributed by atoms with Crippen molar-refractivity contribution in [1.29, 1.82) is 0 Å². The Morgan fingerprint density at radius 1 is 1.36 bits per heavy atom. The SMILES string of the molecule is CCOC(=O)c1[nH]c2cc3c(nc2c1C=CC(=O)OC)CCC(C(C)(C)C)C3. The van der Waals surface area contributed by atoms with E-state index >= 15 is 0 Å². The zero-order valence-electron chi connectivity index (χ0n) is 17.2. The number of esters is 2. The molecule has 2 heterocycles. The van der Waals surface area contributed by atoms with Crippen LogP contribution in [0.2, 0.25) is 0 Å². The fourth-order valence-electron chi connectivity index (χ4n) is 3.77. The number of aryl methyl sites for hydroxylation is 1. The van der Waals surface area contributed by atoms with Gasteiger partial charge in [0.15, 0.2) is 0 Å². The maximum absolute atomic E-state index is 12.4. The van der Waals surface area contributed by atoms with Crippen molar-refractivity contribution >= 4 is 29.0 Å². The fraction of sp³-hybridized carbons (Fsp3) is 0.500. The summed E-state index contributed by atoms with van der Waals surface area (Å²) in [5.74, 6) is -0.358. The number of H-pyrrole nitrogens is 1. The number of aromatic nitrogens is 2. The van der Waals surface area contributed by atoms with Gasteiger partial charge >= 0.3 is 11.9 Å². The van der Waals surface area contributed by atoms with Crippen LogP contribution in [0.3, 0.4) is 0 Å². The van der Waals surface area contributed by atoms with Gasteiger partial charge < -0.3 is 14.5 Å². The van der Waals surface area contributed by atoms with Gasteiger partial charge in [-0.3, -0.25) is 4.98 Å². The van der Waals surface area contributed by atoms with Crippen LogP contribution in [0.15, 0.2) is 12.1 Å². The number of hydrogen-bond acceptors (Lipinski definition) is 5. The maximum Gasteiger partial charge on any atom is 0.355 e. The third-order valence-corrected chi connectivity index (χ3v) is 5.46. The lowest BCUT2D eigenvalue weighted by Gasteiger charge is -2.34. The van der Waals surface area contributed by atoms with E-state index in [4.69, 9.17) is 9.72 Å². The van der Waals surface area contributed by atoms with E-state index in [1.165, 1.54) is 18.7 Å². The van der Waals surface area contributed by atoms with Gasteiger partial charge in [-0.2, -0.15) is 0 Å². The minimum Gasteiger partial charge on any atom is -0.466 e. The molecule has 2 aromatic heterocycles. The molecule has 0 saturated heterocycles. The molecule has 1 aliphatic rings. The molecule has 1 atom stereocenters. The second-order valence-corrected chi connectivity index (χ2v) is 8.29. The summed E-state index contributed by atoms with van der Waals surface area (Å²) in [4.78, 5) is 32.0. The summed E-state index contributed by atoms with van der Waals surface area (Å²) >= 11 is 0. The summed E-state index contributed by atoms with van der Waals surface area (Å²) in [6, 6.07) is 2.09. The van der Waals surface area contributed by atoms with Crippen molar-refractivity contribution in [2.45, 2.75) is 47.0 Å². The molecule has 0 aliphatic heterocycles. The van der Waals surface area contributed by atoms with Crippen LogP contribution in [0.1, 0.15) is 61.4 Å². The number of carbonyl (C=O) groups is 2. The Kier molecular flexibility index (Phi) is 5.59. The number of fused-ring (bicyclic) bond motifs is 2. The topological polar surface area (TPSA) is 81.3 Å². The number of nitrogens with zero attached hydrogens (tertiary/aromatic N) is 1. The van der Waals surface area contributed by atoms with Gasteiger partial charge in [0.2, 0.25) is 0 Å². The van der Waals surface area contributed by atoms with Crippen LogP contribution in [-0.4, -0.2) is 35.6 Å². The Bertz CT molecular complexity index is 934. The number of ether oxygens (including phenoxy) is 2. The number of aromatic amines is 1. The highest BCUT2D eigenvalue weighted by Crippen LogP contribution is 2.38. The molecule has 0 radical (unpaired) electrons. The Morgan fingerprint density at radius 3 is 2.75 bits per heavy atom. The number of carbonyl (C=O) groups excluding carboxylic acids is 2. The third kappa shape index (κ3) is 3.96. The molecule has 1 unspecified atom stereocenters. The Morgan fingerprint density at radius 2 is 2.11 bits per heavy atom. The average Bonchev–Trinajstić information content (AvgIpc) is 3.00. The number of nitrogens with one attached hydrogen (secondary N) is 1. The molecule has 0 bridgehead atoms. The molecule has 3 rings (SSSR count). The molecule has 0 fully saturated rings. The minimum atomic E-state index is -0.491. The first-order valence-corrected chi connectivity index (χ1v) is 9.72. The molecule has 28 heavy (non-hydrogen) atoms. The van der Waals surface area contributed by atoms with Crippen LogP contribution in [0, 0.1) is 11.3 Å². The first-order valence-electron chi connectivity index (χ1n) is 9.72. The summed E-state index contributed by atoms with van der Waals surface area (Å²) in [6.45, 7) is 8.85. The van der Waals surface area contributed by atoms with Gasteiger partial charge in [0.05, 0.1) is 24.8 Å². The summed E-state index contributed by atoms with van der Waals surface area (Å²) in [5, 5.41) is 0. The van der Waals surface area contributed by atoms with Gasteiger partial charge in [-0.05, 0) is 55.2 Å². The summed E-state index contributed by atoms with van der Waals surface area (Å²) in [5.41, 5.74) is 4.84. The van der Waals surface area contributed by atoms with Gasteiger partial charge in [-0.25, -0.2) is 9.59 Å². The summed E-state index contributed by atoms with van der Waals surface area (Å²) < 4.78 is 9.84. The second-order valence-electron chi connectivity index (χ2n) is 8.29. The van der Waals surface area contributed by atoms with E-state index in [0.29, 0.717) is 22.7 Å². The lowest BCUT2D eigenvalue weighted by atomic mass is 9.71. The minimum absolute atomic E-state index is 0.243. The van der Waals surface area contributed by atoms with Crippen molar-refractivity contribution in [2.75, 3.05) is 13.7 Å². The van der Waals surface area contributed by atoms with E-state index in [1.807, 2.05) is 0 Å². The normalized spacial score (nSPS) is 17.0. The first-order chi connectivity index (χ1) is 13.2. The highest BCUT2D eigenvalue weighted by Gasteiger charge is 2.30. The van der Waals surface area contributed by atoms with Crippen LogP contribution in [0.5, 0.6) is 0 Å². The number of pyridine rings is 1. The van der Waals surface area contributed by atoms with E-state index in [9.17, 15) is 9.59 Å². The predicted molar refractivity (Wildman–Crippen MR) is 108 cm³/mol. The number of rotatable bonds is 4. The molecule has 1 aliphatic carbocycles. The van der Waals surface area contributed by atoms with E-state index < -0.39 is 11.9 Å². The van der Waals surface area contributed by atoms with Gasteiger partial charge in [0.1, 0.15) is 5.69 Å². The van der Waals surface area contributed by atoms with Crippen molar-refractivity contribution in [3.8, 4) is 0 Å². The molecule has 0 amide bonds. The molecule has 0 spiro atoms. The lowest BCUT2D eigenvalue weighted by Crippen LogP contribution is -2.27. The first kappa shape index (κ1) is 20.1. The van der Waals surface area contributed by atoms with Crippen molar-refractivity contribution in [1.82, 2.24) is 9.97 Å². The van der Waals surface area contributed by atoms with Crippen LogP contribution in [0.25, 0.3) is 17.1 Å². The molecule has 0 saturated carbocycles. The van der Waals surface area contributed by atoms with E-state index in [2.05, 4.69) is 36.6 Å². The molecular weight excluding hydrogens is 356 g/mol. The van der Waals surface area contributed by atoms with Gasteiger partial charge in [0, 0.05) is 17.3 Å². The highest BCUT2D eigenvalue weighted by molar-refractivity contribution is 6.03. The number of methoxy groups -OCH3 is 1. The molecule has 1 N–H and O–H groups in total. The van der Waals surface area contributed by atoms with Crippen molar-refractivity contribution in [3.05, 3.63) is 34.7 Å². The second kappa shape index (κ2) is 7.78. The standard InChI is InChI=1S/C22H28N2O4/c1-6-28-21(26)20-15(8-10-18(25)27-5)19-17(24-20)12-13-11-14(22(2,3)4)7-9-16(13)23-19/h8,10,12,14,24H,6-7,9,11H2,1-5H3. The largest absolute Gasteiger partial charge is 0.466 e. The zero-order chi connectivity index (χ0) is 20.5. The predicted octanol–water partition coefficient (Wildman–Crippen LogP) is 4.08. The molecule has 2 aromatic rings. The molecule has 6 nitrogen and oxygen atoms in total. The Hall–Kier alpha value is -2.63. The van der Waals surface area contributed by atoms with Crippen LogP contribution < -0.4 is 0 Å². The van der Waals surface area contributed by atoms with Gasteiger partial charge in [0.25, 0.3) is 0 Å². The zero-order valence-corrected chi connectivity index (χ0v) is 17.2. The van der Waals surface area contributed by atoms with Gasteiger partial charge in [-0.1, -0.05) is 20.8 Å². The van der Waals surface area contributed by atoms with Crippen LogP contribution >= 0.6 is 0 Å². The van der Waals surface area contributed by atoms with E-state index in [-0.39, 0.29) is 12.0 Å². The average molecular weight is 384 g/mol.